The number of carbonyl (C=O) groups is 2. The number of benzene rings is 3. The smallest absolute Gasteiger partial charge is 0.349 e. The Morgan fingerprint density at radius 2 is 1.39 bits per heavy atom. The summed E-state index contributed by atoms with van der Waals surface area (Å²) in [5, 5.41) is 0. The van der Waals surface area contributed by atoms with Crippen LogP contribution in [0.4, 0.5) is 0 Å². The molecule has 0 atom stereocenters. The molecule has 0 aliphatic carbocycles. The van der Waals surface area contributed by atoms with E-state index < -0.39 is 5.97 Å². The molecule has 0 bridgehead atoms. The molecule has 0 radical (unpaired) electrons. The third kappa shape index (κ3) is 5.49. The Labute approximate surface area is 181 Å². The minimum atomic E-state index is -0.499. The maximum atomic E-state index is 12.5. The van der Waals surface area contributed by atoms with Crippen LogP contribution in [0.1, 0.15) is 10.4 Å². The van der Waals surface area contributed by atoms with Crippen LogP contribution < -0.4 is 9.47 Å². The summed E-state index contributed by atoms with van der Waals surface area (Å²) in [4.78, 5) is 26.3. The maximum Gasteiger partial charge on any atom is 0.349 e. The summed E-state index contributed by atoms with van der Waals surface area (Å²) in [6, 6.07) is 24.0. The quantitative estimate of drug-likeness (QED) is 0.451. The molecule has 0 spiro atoms. The van der Waals surface area contributed by atoms with Gasteiger partial charge in [0.05, 0.1) is 13.2 Å². The van der Waals surface area contributed by atoms with Crippen LogP contribution in [0.2, 0.25) is 0 Å². The second-order valence-corrected chi connectivity index (χ2v) is 7.08. The number of ether oxygens (including phenoxy) is 3. The summed E-state index contributed by atoms with van der Waals surface area (Å²) in [6.45, 7) is 2.08. The van der Waals surface area contributed by atoms with Crippen LogP contribution in [0.5, 0.6) is 11.5 Å². The second kappa shape index (κ2) is 9.91. The first-order chi connectivity index (χ1) is 15.2. The number of rotatable bonds is 6. The van der Waals surface area contributed by atoms with Gasteiger partial charge in [0.1, 0.15) is 11.5 Å². The van der Waals surface area contributed by atoms with Crippen molar-refractivity contribution in [3.63, 3.8) is 0 Å². The van der Waals surface area contributed by atoms with Crippen molar-refractivity contribution >= 4 is 11.9 Å². The first-order valence-corrected chi connectivity index (χ1v) is 10.1. The fourth-order valence-corrected chi connectivity index (χ4v) is 3.29. The minimum Gasteiger partial charge on any atom is -0.482 e. The van der Waals surface area contributed by atoms with Crippen molar-refractivity contribution in [2.24, 2.45) is 0 Å². The average Bonchev–Trinajstić information content (AvgIpc) is 2.84. The van der Waals surface area contributed by atoms with Crippen molar-refractivity contribution in [1.82, 2.24) is 4.90 Å². The Morgan fingerprint density at radius 3 is 2.06 bits per heavy atom. The lowest BCUT2D eigenvalue weighted by Crippen LogP contribution is -2.40. The molecule has 1 saturated heterocycles. The van der Waals surface area contributed by atoms with Gasteiger partial charge in [0.15, 0.2) is 6.61 Å². The van der Waals surface area contributed by atoms with Crippen molar-refractivity contribution in [2.75, 3.05) is 32.9 Å². The molecule has 158 valence electrons. The van der Waals surface area contributed by atoms with E-state index in [1.807, 2.05) is 42.5 Å². The van der Waals surface area contributed by atoms with E-state index in [9.17, 15) is 9.59 Å². The minimum absolute atomic E-state index is 0.0341. The standard InChI is InChI=1S/C25H23NO5/c27-24(31-23-12-6-20(7-13-23)19-4-2-1-3-5-19)18-30-22-10-8-21(9-11-22)25(28)26-14-16-29-17-15-26/h1-13H,14-18H2. The third-order valence-corrected chi connectivity index (χ3v) is 4.95. The van der Waals surface area contributed by atoms with E-state index >= 15 is 0 Å². The molecule has 0 aromatic heterocycles. The SMILES string of the molecule is O=C(COc1ccc(C(=O)N2CCOCC2)cc1)Oc1ccc(-c2ccccc2)cc1. The summed E-state index contributed by atoms with van der Waals surface area (Å²) in [5.41, 5.74) is 2.72. The second-order valence-electron chi connectivity index (χ2n) is 7.08. The normalized spacial score (nSPS) is 13.5. The molecular formula is C25H23NO5. The van der Waals surface area contributed by atoms with Gasteiger partial charge in [-0.15, -0.1) is 0 Å². The first-order valence-electron chi connectivity index (χ1n) is 10.1. The number of amides is 1. The van der Waals surface area contributed by atoms with Crippen molar-refractivity contribution in [3.8, 4) is 22.6 Å². The highest BCUT2D eigenvalue weighted by Gasteiger charge is 2.18. The molecule has 6 nitrogen and oxygen atoms in total. The zero-order valence-corrected chi connectivity index (χ0v) is 17.0. The van der Waals surface area contributed by atoms with Crippen molar-refractivity contribution in [2.45, 2.75) is 0 Å². The van der Waals surface area contributed by atoms with E-state index in [4.69, 9.17) is 14.2 Å². The summed E-state index contributed by atoms with van der Waals surface area (Å²) in [7, 11) is 0. The fraction of sp³-hybridized carbons (Fsp3) is 0.200. The predicted octanol–water partition coefficient (Wildman–Crippen LogP) is 3.81. The van der Waals surface area contributed by atoms with Gasteiger partial charge < -0.3 is 19.1 Å². The van der Waals surface area contributed by atoms with Gasteiger partial charge in [-0.2, -0.15) is 0 Å². The Balaban J connectivity index is 1.27. The highest BCUT2D eigenvalue weighted by atomic mass is 16.6. The molecule has 3 aromatic rings. The molecule has 3 aromatic carbocycles. The first kappa shape index (κ1) is 20.6. The van der Waals surface area contributed by atoms with Gasteiger partial charge in [0, 0.05) is 18.7 Å². The fourth-order valence-electron chi connectivity index (χ4n) is 3.29. The Hall–Kier alpha value is -3.64. The van der Waals surface area contributed by atoms with Crippen LogP contribution in [-0.2, 0) is 9.53 Å². The van der Waals surface area contributed by atoms with Gasteiger partial charge in [-0.25, -0.2) is 4.79 Å². The lowest BCUT2D eigenvalue weighted by atomic mass is 10.1. The summed E-state index contributed by atoms with van der Waals surface area (Å²) in [6.07, 6.45) is 0. The monoisotopic (exact) mass is 417 g/mol. The Bertz CT molecular complexity index is 1010. The number of morpholine rings is 1. The van der Waals surface area contributed by atoms with Gasteiger partial charge in [0.2, 0.25) is 0 Å². The largest absolute Gasteiger partial charge is 0.482 e. The molecule has 1 aliphatic rings. The molecule has 0 N–H and O–H groups in total. The molecule has 4 rings (SSSR count). The highest BCUT2D eigenvalue weighted by Crippen LogP contribution is 2.22. The molecule has 31 heavy (non-hydrogen) atoms. The zero-order valence-electron chi connectivity index (χ0n) is 17.0. The van der Waals surface area contributed by atoms with Crippen LogP contribution in [0.3, 0.4) is 0 Å². The van der Waals surface area contributed by atoms with E-state index in [0.717, 1.165) is 11.1 Å². The van der Waals surface area contributed by atoms with Crippen LogP contribution in [-0.4, -0.2) is 49.7 Å². The van der Waals surface area contributed by atoms with Gasteiger partial charge in [-0.05, 0) is 47.5 Å². The van der Waals surface area contributed by atoms with Crippen LogP contribution in [0.25, 0.3) is 11.1 Å². The van der Waals surface area contributed by atoms with Gasteiger partial charge >= 0.3 is 5.97 Å². The van der Waals surface area contributed by atoms with E-state index in [2.05, 4.69) is 0 Å². The summed E-state index contributed by atoms with van der Waals surface area (Å²) < 4.78 is 16.1. The Morgan fingerprint density at radius 1 is 0.774 bits per heavy atom. The van der Waals surface area contributed by atoms with Gasteiger partial charge in [0.25, 0.3) is 5.91 Å². The molecule has 1 fully saturated rings. The molecule has 1 amide bonds. The molecular weight excluding hydrogens is 394 g/mol. The lowest BCUT2D eigenvalue weighted by molar-refractivity contribution is -0.136. The lowest BCUT2D eigenvalue weighted by Gasteiger charge is -2.26. The maximum absolute atomic E-state index is 12.5. The molecule has 0 unspecified atom stereocenters. The molecule has 6 heteroatoms. The van der Waals surface area contributed by atoms with Crippen LogP contribution in [0, 0.1) is 0 Å². The highest BCUT2D eigenvalue weighted by molar-refractivity contribution is 5.94. The van der Waals surface area contributed by atoms with Crippen molar-refractivity contribution in [1.29, 1.82) is 0 Å². The molecule has 1 aliphatic heterocycles. The number of carbonyl (C=O) groups excluding carboxylic acids is 2. The predicted molar refractivity (Wildman–Crippen MR) is 116 cm³/mol. The van der Waals surface area contributed by atoms with Crippen LogP contribution in [0.15, 0.2) is 78.9 Å². The van der Waals surface area contributed by atoms with Gasteiger partial charge in [-0.3, -0.25) is 4.79 Å². The van der Waals surface area contributed by atoms with Crippen molar-refractivity contribution in [3.05, 3.63) is 84.4 Å². The summed E-state index contributed by atoms with van der Waals surface area (Å²) >= 11 is 0. The third-order valence-electron chi connectivity index (χ3n) is 4.95. The number of hydrogen-bond donors (Lipinski definition) is 0. The van der Waals surface area contributed by atoms with Gasteiger partial charge in [-0.1, -0.05) is 42.5 Å². The summed E-state index contributed by atoms with van der Waals surface area (Å²) in [5.74, 6) is 0.420. The van der Waals surface area contributed by atoms with E-state index in [1.54, 1.807) is 41.3 Å². The number of hydrogen-bond acceptors (Lipinski definition) is 5. The van der Waals surface area contributed by atoms with E-state index in [-0.39, 0.29) is 12.5 Å². The number of nitrogens with zero attached hydrogens (tertiary/aromatic N) is 1. The van der Waals surface area contributed by atoms with E-state index in [0.29, 0.717) is 43.4 Å². The zero-order chi connectivity index (χ0) is 21.5. The topological polar surface area (TPSA) is 65.1 Å². The average molecular weight is 417 g/mol. The van der Waals surface area contributed by atoms with Crippen molar-refractivity contribution < 1.29 is 23.8 Å². The van der Waals surface area contributed by atoms with Crippen LogP contribution >= 0.6 is 0 Å². The van der Waals surface area contributed by atoms with E-state index in [1.165, 1.54) is 0 Å². The molecule has 0 saturated carbocycles. The molecule has 1 heterocycles. The Kier molecular flexibility index (Phi) is 6.59. The number of esters is 1.